The molecule has 1 fully saturated rings. The van der Waals surface area contributed by atoms with Gasteiger partial charge >= 0.3 is 0 Å². The lowest BCUT2D eigenvalue weighted by atomic mass is 10.1. The number of carbonyl (C=O) groups is 2. The maximum atomic E-state index is 12.5. The summed E-state index contributed by atoms with van der Waals surface area (Å²) in [6.45, 7) is 6.61. The average molecular weight is 274 g/mol. The smallest absolute Gasteiger partial charge is 0.253 e. The molecule has 0 saturated carbocycles. The van der Waals surface area contributed by atoms with E-state index in [1.54, 1.807) is 4.90 Å². The minimum absolute atomic E-state index is 0.0276. The number of aryl methyl sites for hydroxylation is 1. The molecule has 1 aromatic carbocycles. The van der Waals surface area contributed by atoms with E-state index in [0.29, 0.717) is 31.6 Å². The van der Waals surface area contributed by atoms with Crippen molar-refractivity contribution in [2.75, 3.05) is 26.2 Å². The Kier molecular flexibility index (Phi) is 4.77. The van der Waals surface area contributed by atoms with Crippen molar-refractivity contribution in [1.82, 2.24) is 9.80 Å². The van der Waals surface area contributed by atoms with E-state index in [0.717, 1.165) is 18.5 Å². The largest absolute Gasteiger partial charge is 0.341 e. The highest BCUT2D eigenvalue weighted by Gasteiger charge is 2.23. The van der Waals surface area contributed by atoms with E-state index in [4.69, 9.17) is 0 Å². The molecule has 1 aliphatic rings. The van der Waals surface area contributed by atoms with Gasteiger partial charge in [-0.3, -0.25) is 9.59 Å². The highest BCUT2D eigenvalue weighted by atomic mass is 16.2. The molecule has 20 heavy (non-hydrogen) atoms. The summed E-state index contributed by atoms with van der Waals surface area (Å²) >= 11 is 0. The lowest BCUT2D eigenvalue weighted by molar-refractivity contribution is -0.130. The fourth-order valence-corrected chi connectivity index (χ4v) is 2.54. The summed E-state index contributed by atoms with van der Waals surface area (Å²) in [7, 11) is 0. The summed E-state index contributed by atoms with van der Waals surface area (Å²) in [5, 5.41) is 0. The Hall–Kier alpha value is -1.84. The van der Waals surface area contributed by atoms with E-state index in [2.05, 4.69) is 6.92 Å². The Bertz CT molecular complexity index is 499. The second-order valence-corrected chi connectivity index (χ2v) is 5.29. The molecule has 0 radical (unpaired) electrons. The molecule has 4 nitrogen and oxygen atoms in total. The van der Waals surface area contributed by atoms with Gasteiger partial charge in [0.15, 0.2) is 0 Å². The van der Waals surface area contributed by atoms with Gasteiger partial charge in [0.1, 0.15) is 0 Å². The molecule has 1 aromatic rings. The highest BCUT2D eigenvalue weighted by molar-refractivity contribution is 5.94. The van der Waals surface area contributed by atoms with Gasteiger partial charge in [-0.1, -0.05) is 24.6 Å². The third kappa shape index (κ3) is 3.38. The molecule has 108 valence electrons. The Labute approximate surface area is 120 Å². The van der Waals surface area contributed by atoms with Crippen LogP contribution in [0.4, 0.5) is 0 Å². The minimum atomic E-state index is 0.0276. The molecule has 1 heterocycles. The first-order valence-corrected chi connectivity index (χ1v) is 7.25. The van der Waals surface area contributed by atoms with E-state index in [-0.39, 0.29) is 11.8 Å². The second-order valence-electron chi connectivity index (χ2n) is 5.29. The number of hydrogen-bond acceptors (Lipinski definition) is 2. The number of nitrogens with zero attached hydrogens (tertiary/aromatic N) is 2. The molecular formula is C16H22N2O2. The highest BCUT2D eigenvalue weighted by Crippen LogP contribution is 2.11. The van der Waals surface area contributed by atoms with Crippen LogP contribution >= 0.6 is 0 Å². The van der Waals surface area contributed by atoms with Crippen molar-refractivity contribution in [3.63, 3.8) is 0 Å². The van der Waals surface area contributed by atoms with Crippen molar-refractivity contribution in [3.8, 4) is 0 Å². The number of carbonyl (C=O) groups excluding carboxylic acids is 2. The zero-order valence-electron chi connectivity index (χ0n) is 12.3. The summed E-state index contributed by atoms with van der Waals surface area (Å²) in [5.41, 5.74) is 1.79. The molecule has 0 atom stereocenters. The molecular weight excluding hydrogens is 252 g/mol. The van der Waals surface area contributed by atoms with Crippen LogP contribution in [-0.2, 0) is 4.79 Å². The van der Waals surface area contributed by atoms with Gasteiger partial charge in [-0.25, -0.2) is 0 Å². The van der Waals surface area contributed by atoms with Crippen molar-refractivity contribution >= 4 is 11.8 Å². The molecule has 0 aromatic heterocycles. The Morgan fingerprint density at radius 1 is 1.25 bits per heavy atom. The van der Waals surface area contributed by atoms with Gasteiger partial charge in [0.25, 0.3) is 5.91 Å². The summed E-state index contributed by atoms with van der Waals surface area (Å²) in [6, 6.07) is 7.62. The molecule has 0 bridgehead atoms. The normalized spacial score (nSPS) is 16.2. The lowest BCUT2D eigenvalue weighted by Crippen LogP contribution is -2.36. The topological polar surface area (TPSA) is 40.6 Å². The average Bonchev–Trinajstić information content (AvgIpc) is 2.62. The van der Waals surface area contributed by atoms with Crippen LogP contribution < -0.4 is 0 Å². The van der Waals surface area contributed by atoms with Gasteiger partial charge in [-0.05, 0) is 25.5 Å². The first kappa shape index (κ1) is 14.6. The maximum absolute atomic E-state index is 12.5. The van der Waals surface area contributed by atoms with Gasteiger partial charge in [-0.15, -0.1) is 0 Å². The van der Waals surface area contributed by atoms with E-state index in [1.165, 1.54) is 0 Å². The predicted octanol–water partition coefficient (Wildman–Crippen LogP) is 2.08. The van der Waals surface area contributed by atoms with Crippen molar-refractivity contribution < 1.29 is 9.59 Å². The molecule has 1 aliphatic heterocycles. The number of benzene rings is 1. The minimum Gasteiger partial charge on any atom is -0.341 e. The first-order valence-electron chi connectivity index (χ1n) is 7.25. The van der Waals surface area contributed by atoms with E-state index < -0.39 is 0 Å². The lowest BCUT2D eigenvalue weighted by Gasteiger charge is -2.22. The van der Waals surface area contributed by atoms with E-state index >= 15 is 0 Å². The number of amides is 2. The monoisotopic (exact) mass is 274 g/mol. The van der Waals surface area contributed by atoms with Crippen molar-refractivity contribution in [1.29, 1.82) is 0 Å². The van der Waals surface area contributed by atoms with Crippen molar-refractivity contribution in [2.24, 2.45) is 0 Å². The third-order valence-corrected chi connectivity index (χ3v) is 3.63. The molecule has 0 unspecified atom stereocenters. The first-order chi connectivity index (χ1) is 9.61. The van der Waals surface area contributed by atoms with Gasteiger partial charge in [-0.2, -0.15) is 0 Å². The van der Waals surface area contributed by atoms with Crippen LogP contribution in [0.5, 0.6) is 0 Å². The molecule has 1 saturated heterocycles. The van der Waals surface area contributed by atoms with Gasteiger partial charge in [0, 0.05) is 38.2 Å². The second kappa shape index (κ2) is 6.55. The standard InChI is InChI=1S/C16H22N2O2/c1-3-8-17-10-11-18(9-7-15(17)19)16(20)14-6-4-5-13(2)12-14/h4-6,12H,3,7-11H2,1-2H3. The summed E-state index contributed by atoms with van der Waals surface area (Å²) in [6.07, 6.45) is 1.38. The predicted molar refractivity (Wildman–Crippen MR) is 78.6 cm³/mol. The van der Waals surface area contributed by atoms with Gasteiger partial charge in [0.2, 0.25) is 5.91 Å². The fourth-order valence-electron chi connectivity index (χ4n) is 2.54. The van der Waals surface area contributed by atoms with Crippen LogP contribution in [-0.4, -0.2) is 47.8 Å². The Morgan fingerprint density at radius 3 is 2.75 bits per heavy atom. The van der Waals surface area contributed by atoms with E-state index in [9.17, 15) is 9.59 Å². The van der Waals surface area contributed by atoms with Gasteiger partial charge in [0.05, 0.1) is 0 Å². The van der Waals surface area contributed by atoms with Crippen LogP contribution in [0.2, 0.25) is 0 Å². The molecule has 0 N–H and O–H groups in total. The number of hydrogen-bond donors (Lipinski definition) is 0. The molecule has 2 amide bonds. The summed E-state index contributed by atoms with van der Waals surface area (Å²) in [4.78, 5) is 28.1. The molecule has 4 heteroatoms. The van der Waals surface area contributed by atoms with E-state index in [1.807, 2.05) is 36.1 Å². The SMILES string of the molecule is CCCN1CCN(C(=O)c2cccc(C)c2)CCC1=O. The number of rotatable bonds is 3. The van der Waals surface area contributed by atoms with Crippen LogP contribution in [0.25, 0.3) is 0 Å². The van der Waals surface area contributed by atoms with Crippen LogP contribution in [0.1, 0.15) is 35.7 Å². The van der Waals surface area contributed by atoms with Gasteiger partial charge < -0.3 is 9.80 Å². The van der Waals surface area contributed by atoms with Crippen molar-refractivity contribution in [3.05, 3.63) is 35.4 Å². The zero-order chi connectivity index (χ0) is 14.5. The maximum Gasteiger partial charge on any atom is 0.253 e. The molecule has 2 rings (SSSR count). The Balaban J connectivity index is 2.06. The summed E-state index contributed by atoms with van der Waals surface area (Å²) < 4.78 is 0. The fraction of sp³-hybridized carbons (Fsp3) is 0.500. The zero-order valence-corrected chi connectivity index (χ0v) is 12.3. The third-order valence-electron chi connectivity index (χ3n) is 3.63. The quantitative estimate of drug-likeness (QED) is 0.846. The summed E-state index contributed by atoms with van der Waals surface area (Å²) in [5.74, 6) is 0.186. The van der Waals surface area contributed by atoms with Crippen LogP contribution in [0.15, 0.2) is 24.3 Å². The van der Waals surface area contributed by atoms with Crippen molar-refractivity contribution in [2.45, 2.75) is 26.7 Å². The van der Waals surface area contributed by atoms with Crippen LogP contribution in [0, 0.1) is 6.92 Å². The molecule has 0 spiro atoms. The Morgan fingerprint density at radius 2 is 2.05 bits per heavy atom. The molecule has 0 aliphatic carbocycles. The van der Waals surface area contributed by atoms with Crippen LogP contribution in [0.3, 0.4) is 0 Å².